The van der Waals surface area contributed by atoms with E-state index in [2.05, 4.69) is 115 Å². The van der Waals surface area contributed by atoms with Gasteiger partial charge in [-0.05, 0) is 74.8 Å². The highest BCUT2D eigenvalue weighted by molar-refractivity contribution is 14.1. The summed E-state index contributed by atoms with van der Waals surface area (Å²) in [5.74, 6) is 0.462. The molecule has 5 rings (SSSR count). The molecule has 1 saturated heterocycles. The van der Waals surface area contributed by atoms with Crippen molar-refractivity contribution in [2.75, 3.05) is 18.9 Å². The summed E-state index contributed by atoms with van der Waals surface area (Å²) in [6, 6.07) is 8.83. The van der Waals surface area contributed by atoms with Gasteiger partial charge in [0.05, 0.1) is 11.2 Å². The number of pyridine rings is 1. The Bertz CT molecular complexity index is 1280. The van der Waals surface area contributed by atoms with Crippen LogP contribution in [0.25, 0.3) is 5.70 Å². The van der Waals surface area contributed by atoms with E-state index >= 15 is 0 Å². The van der Waals surface area contributed by atoms with Crippen molar-refractivity contribution in [3.8, 4) is 0 Å². The fourth-order valence-corrected chi connectivity index (χ4v) is 8.49. The van der Waals surface area contributed by atoms with Crippen LogP contribution in [0, 0.1) is 0 Å². The third kappa shape index (κ3) is 5.37. The number of rotatable bonds is 9. The highest BCUT2D eigenvalue weighted by Gasteiger charge is 2.50. The normalized spacial score (nSPS) is 23.2. The third-order valence-corrected chi connectivity index (χ3v) is 11.7. The van der Waals surface area contributed by atoms with Crippen molar-refractivity contribution >= 4 is 57.8 Å². The van der Waals surface area contributed by atoms with E-state index < -0.39 is 0 Å². The second-order valence-corrected chi connectivity index (χ2v) is 16.1. The van der Waals surface area contributed by atoms with Gasteiger partial charge in [-0.1, -0.05) is 61.2 Å². The van der Waals surface area contributed by atoms with Gasteiger partial charge < -0.3 is 20.1 Å². The smallest absolute Gasteiger partial charge is 0.253 e. The van der Waals surface area contributed by atoms with Gasteiger partial charge >= 0.3 is 0 Å². The van der Waals surface area contributed by atoms with Gasteiger partial charge in [-0.25, -0.2) is 0 Å². The van der Waals surface area contributed by atoms with Crippen molar-refractivity contribution in [1.29, 1.82) is 0 Å². The van der Waals surface area contributed by atoms with Crippen molar-refractivity contribution < 1.29 is 0 Å². The van der Waals surface area contributed by atoms with Gasteiger partial charge in [-0.3, -0.25) is 4.79 Å². The maximum atomic E-state index is 13.5. The zero-order chi connectivity index (χ0) is 27.4. The summed E-state index contributed by atoms with van der Waals surface area (Å²) in [5.41, 5.74) is 5.68. The molecule has 8 heteroatoms. The van der Waals surface area contributed by atoms with Gasteiger partial charge in [-0.15, -0.1) is 18.5 Å². The van der Waals surface area contributed by atoms with Gasteiger partial charge in [0.25, 0.3) is 5.56 Å². The van der Waals surface area contributed by atoms with E-state index in [9.17, 15) is 4.79 Å². The fraction of sp³-hybridized carbons (Fsp3) is 0.567. The maximum Gasteiger partial charge on any atom is 0.253 e. The lowest BCUT2D eigenvalue weighted by molar-refractivity contribution is 0.156. The zero-order valence-electron chi connectivity index (χ0n) is 23.2. The van der Waals surface area contributed by atoms with E-state index in [1.807, 2.05) is 10.6 Å². The molecule has 0 radical (unpaired) electrons. The zero-order valence-corrected chi connectivity index (χ0v) is 27.7. The fourth-order valence-electron chi connectivity index (χ4n) is 6.29. The lowest BCUT2D eigenvalue weighted by atomic mass is 9.95. The molecule has 4 unspecified atom stereocenters. The van der Waals surface area contributed by atoms with Gasteiger partial charge in [0.1, 0.15) is 0 Å². The lowest BCUT2D eigenvalue weighted by Gasteiger charge is -2.38. The Balaban J connectivity index is 1.46. The minimum atomic E-state index is -0.119. The predicted molar refractivity (Wildman–Crippen MR) is 177 cm³/mol. The van der Waals surface area contributed by atoms with Crippen LogP contribution in [0.1, 0.15) is 87.9 Å². The molecule has 206 valence electrons. The number of likely N-dealkylation sites (tertiary alicyclic amines) is 1. The van der Waals surface area contributed by atoms with Crippen LogP contribution in [-0.4, -0.2) is 38.3 Å². The highest BCUT2D eigenvalue weighted by Crippen LogP contribution is 2.52. The van der Waals surface area contributed by atoms with E-state index in [-0.39, 0.29) is 17.1 Å². The Morgan fingerprint density at radius 1 is 1.18 bits per heavy atom. The number of aromatic nitrogens is 1. The topological polar surface area (TPSA) is 49.3 Å². The summed E-state index contributed by atoms with van der Waals surface area (Å²) in [4.78, 5) is 16.0. The summed E-state index contributed by atoms with van der Waals surface area (Å²) in [5, 5.41) is 8.77. The summed E-state index contributed by atoms with van der Waals surface area (Å²) in [6.45, 7) is 12.3. The molecule has 1 aromatic carbocycles. The molecule has 3 aliphatic rings. The first-order chi connectivity index (χ1) is 18.0. The van der Waals surface area contributed by atoms with Crippen molar-refractivity contribution in [2.45, 2.75) is 92.0 Å². The van der Waals surface area contributed by atoms with E-state index in [0.717, 1.165) is 49.2 Å². The van der Waals surface area contributed by atoms with E-state index in [1.165, 1.54) is 29.3 Å². The van der Waals surface area contributed by atoms with E-state index in [1.54, 1.807) is 0 Å². The molecule has 1 aliphatic heterocycles. The van der Waals surface area contributed by atoms with Crippen molar-refractivity contribution in [3.63, 3.8) is 0 Å². The average molecular weight is 665 g/mol. The highest BCUT2D eigenvalue weighted by atomic mass is 127. The van der Waals surface area contributed by atoms with Gasteiger partial charge in [0.2, 0.25) is 0 Å². The Labute approximate surface area is 246 Å². The standard InChI is InChI=1S/C30H43IN4OP2/c1-18(2)22-7-6-8-23(27(22)37)19(3)32-20(4)24-17-35(30(12-13-30)28(31)38)26(36)15-25(24)33-21-9-14-34(5)29(16-21)10-11-29/h6-8,15,17-19,21,28,32-33H,4,9-14,16,37-38H2,1-3,5H3/t19-,21?,28?/m1/s1. The van der Waals surface area contributed by atoms with Crippen LogP contribution in [0.4, 0.5) is 5.69 Å². The molecular formula is C30H43IN4OP2. The molecule has 2 aromatic rings. The number of piperidine rings is 1. The third-order valence-electron chi connectivity index (χ3n) is 9.22. The Morgan fingerprint density at radius 2 is 1.87 bits per heavy atom. The van der Waals surface area contributed by atoms with Crippen LogP contribution in [0.5, 0.6) is 0 Å². The quantitative estimate of drug-likeness (QED) is 0.198. The van der Waals surface area contributed by atoms with Crippen molar-refractivity contribution in [1.82, 2.24) is 14.8 Å². The van der Waals surface area contributed by atoms with Crippen LogP contribution in [-0.2, 0) is 5.54 Å². The van der Waals surface area contributed by atoms with Crippen LogP contribution < -0.4 is 21.5 Å². The van der Waals surface area contributed by atoms with Crippen LogP contribution in [0.3, 0.4) is 0 Å². The van der Waals surface area contributed by atoms with Crippen molar-refractivity contribution in [3.05, 3.63) is 64.1 Å². The number of hydrogen-bond donors (Lipinski definition) is 2. The first-order valence-corrected chi connectivity index (χ1v) is 16.4. The van der Waals surface area contributed by atoms with Crippen LogP contribution in [0.15, 0.2) is 41.8 Å². The summed E-state index contributed by atoms with van der Waals surface area (Å²) >= 11 is 2.44. The Morgan fingerprint density at radius 3 is 2.47 bits per heavy atom. The maximum absolute atomic E-state index is 13.5. The molecule has 5 nitrogen and oxygen atoms in total. The second-order valence-electron chi connectivity index (χ2n) is 12.1. The first-order valence-electron chi connectivity index (χ1n) is 14.0. The minimum absolute atomic E-state index is 0.0738. The summed E-state index contributed by atoms with van der Waals surface area (Å²) in [7, 11) is 8.13. The molecule has 0 bridgehead atoms. The number of alkyl halides is 1. The number of benzene rings is 1. The van der Waals surface area contributed by atoms with E-state index in [4.69, 9.17) is 0 Å². The number of anilines is 1. The number of hydrogen-bond acceptors (Lipinski definition) is 4. The summed E-state index contributed by atoms with van der Waals surface area (Å²) < 4.78 is 2.28. The van der Waals surface area contributed by atoms with Gasteiger partial charge in [-0.2, -0.15) is 0 Å². The van der Waals surface area contributed by atoms with Crippen LogP contribution in [0.2, 0.25) is 0 Å². The molecule has 2 N–H and O–H groups in total. The minimum Gasteiger partial charge on any atom is -0.381 e. The van der Waals surface area contributed by atoms with Crippen LogP contribution >= 0.6 is 41.1 Å². The molecule has 3 fully saturated rings. The Kier molecular flexibility index (Phi) is 8.12. The van der Waals surface area contributed by atoms with E-state index in [0.29, 0.717) is 21.2 Å². The van der Waals surface area contributed by atoms with Gasteiger partial charge in [0.15, 0.2) is 0 Å². The number of nitrogens with zero attached hydrogens (tertiary/aromatic N) is 2. The molecule has 1 aromatic heterocycles. The van der Waals surface area contributed by atoms with Gasteiger partial charge in [0, 0.05) is 51.4 Å². The molecule has 1 spiro atoms. The molecule has 2 aliphatic carbocycles. The molecule has 38 heavy (non-hydrogen) atoms. The second kappa shape index (κ2) is 10.8. The molecule has 2 saturated carbocycles. The summed E-state index contributed by atoms with van der Waals surface area (Å²) in [6.07, 6.45) is 8.91. The average Bonchev–Trinajstić information content (AvgIpc) is 3.78. The molecule has 5 atom stereocenters. The largest absolute Gasteiger partial charge is 0.381 e. The Hall–Kier alpha value is -0.940. The number of nitrogens with one attached hydrogen (secondary N) is 2. The first kappa shape index (κ1) is 28.6. The SMILES string of the molecule is C=C(N[C@H](C)c1cccc(C(C)C)c1P)c1cn(C2(C(P)I)CC2)c(=O)cc1NC1CCN(C)C2(CC2)C1. The monoisotopic (exact) mass is 664 g/mol. The molecule has 2 heterocycles. The molecule has 0 amide bonds. The molecular weight excluding hydrogens is 621 g/mol. The van der Waals surface area contributed by atoms with Crippen molar-refractivity contribution in [2.24, 2.45) is 0 Å². The number of halogens is 1. The predicted octanol–water partition coefficient (Wildman–Crippen LogP) is 5.96. The lowest BCUT2D eigenvalue weighted by Crippen LogP contribution is -2.46.